The second-order valence-corrected chi connectivity index (χ2v) is 4.14. The van der Waals surface area contributed by atoms with Gasteiger partial charge in [-0.25, -0.2) is 0 Å². The van der Waals surface area contributed by atoms with Crippen molar-refractivity contribution in [2.45, 2.75) is 25.5 Å². The highest BCUT2D eigenvalue weighted by atomic mass is 16.5. The van der Waals surface area contributed by atoms with E-state index in [0.717, 1.165) is 5.56 Å². The molecule has 0 aliphatic heterocycles. The molecule has 0 radical (unpaired) electrons. The number of carbonyl (C=O) groups is 2. The molecule has 104 valence electrons. The van der Waals surface area contributed by atoms with Crippen LogP contribution in [0.3, 0.4) is 0 Å². The average molecular weight is 266 g/mol. The van der Waals surface area contributed by atoms with E-state index in [4.69, 9.17) is 16.2 Å². The molecule has 0 bridgehead atoms. The summed E-state index contributed by atoms with van der Waals surface area (Å²) < 4.78 is 9.85. The molecule has 1 amide bonds. The third-order valence-electron chi connectivity index (χ3n) is 2.60. The Morgan fingerprint density at radius 2 is 1.84 bits per heavy atom. The van der Waals surface area contributed by atoms with Crippen LogP contribution < -0.4 is 16.2 Å². The zero-order valence-corrected chi connectivity index (χ0v) is 11.0. The molecule has 0 spiro atoms. The van der Waals surface area contributed by atoms with Crippen LogP contribution in [-0.4, -0.2) is 31.1 Å². The van der Waals surface area contributed by atoms with Gasteiger partial charge in [0.15, 0.2) is 6.10 Å². The van der Waals surface area contributed by atoms with Crippen molar-refractivity contribution in [2.24, 2.45) is 11.5 Å². The number of hydrogen-bond acceptors (Lipinski definition) is 5. The molecule has 2 atom stereocenters. The van der Waals surface area contributed by atoms with Crippen LogP contribution in [0.1, 0.15) is 12.5 Å². The molecule has 19 heavy (non-hydrogen) atoms. The summed E-state index contributed by atoms with van der Waals surface area (Å²) in [4.78, 5) is 22.0. The van der Waals surface area contributed by atoms with Gasteiger partial charge >= 0.3 is 5.97 Å². The first-order valence-corrected chi connectivity index (χ1v) is 5.82. The van der Waals surface area contributed by atoms with E-state index in [2.05, 4.69) is 4.74 Å². The minimum absolute atomic E-state index is 0.373. The van der Waals surface area contributed by atoms with E-state index in [0.29, 0.717) is 12.2 Å². The fraction of sp³-hybridized carbons (Fsp3) is 0.385. The van der Waals surface area contributed by atoms with E-state index in [1.165, 1.54) is 7.11 Å². The Balaban J connectivity index is 2.61. The minimum Gasteiger partial charge on any atom is -0.481 e. The highest BCUT2D eigenvalue weighted by Crippen LogP contribution is 2.14. The van der Waals surface area contributed by atoms with Crippen LogP contribution in [0.2, 0.25) is 0 Å². The number of carbonyl (C=O) groups excluding carboxylic acids is 2. The number of methoxy groups -OCH3 is 1. The van der Waals surface area contributed by atoms with Gasteiger partial charge in [0.2, 0.25) is 0 Å². The fourth-order valence-corrected chi connectivity index (χ4v) is 1.45. The smallest absolute Gasteiger partial charge is 0.322 e. The zero-order valence-electron chi connectivity index (χ0n) is 11.0. The molecule has 0 aliphatic rings. The molecule has 6 heteroatoms. The number of ether oxygens (including phenoxy) is 2. The summed E-state index contributed by atoms with van der Waals surface area (Å²) in [6, 6.07) is 6.23. The van der Waals surface area contributed by atoms with Gasteiger partial charge in [0.1, 0.15) is 11.8 Å². The molecule has 6 nitrogen and oxygen atoms in total. The molecule has 0 saturated carbocycles. The van der Waals surface area contributed by atoms with Gasteiger partial charge in [-0.05, 0) is 31.0 Å². The molecule has 0 saturated heterocycles. The highest BCUT2D eigenvalue weighted by Gasteiger charge is 2.14. The summed E-state index contributed by atoms with van der Waals surface area (Å²) in [5.41, 5.74) is 11.6. The molecule has 1 aromatic carbocycles. The van der Waals surface area contributed by atoms with Gasteiger partial charge in [0, 0.05) is 0 Å². The molecular formula is C13H18N2O4. The van der Waals surface area contributed by atoms with Crippen LogP contribution >= 0.6 is 0 Å². The molecule has 1 rings (SSSR count). The van der Waals surface area contributed by atoms with Gasteiger partial charge in [-0.1, -0.05) is 12.1 Å². The van der Waals surface area contributed by atoms with Gasteiger partial charge in [0.05, 0.1) is 7.11 Å². The molecule has 0 heterocycles. The van der Waals surface area contributed by atoms with Crippen LogP contribution in [0.4, 0.5) is 0 Å². The molecule has 1 aromatic rings. The maximum atomic E-state index is 11.2. The Hall–Kier alpha value is -2.08. The third-order valence-corrected chi connectivity index (χ3v) is 2.60. The maximum absolute atomic E-state index is 11.2. The lowest BCUT2D eigenvalue weighted by Crippen LogP contribution is -2.33. The molecule has 4 N–H and O–H groups in total. The van der Waals surface area contributed by atoms with Gasteiger partial charge in [-0.3, -0.25) is 9.59 Å². The van der Waals surface area contributed by atoms with E-state index in [1.807, 2.05) is 0 Å². The molecule has 0 aliphatic carbocycles. The first-order valence-electron chi connectivity index (χ1n) is 5.82. The normalized spacial score (nSPS) is 13.4. The van der Waals surface area contributed by atoms with Crippen molar-refractivity contribution in [2.75, 3.05) is 7.11 Å². The SMILES string of the molecule is COC(=O)C(N)Cc1ccc(OC(C)C(N)=O)cc1. The van der Waals surface area contributed by atoms with Crippen molar-refractivity contribution in [1.29, 1.82) is 0 Å². The van der Waals surface area contributed by atoms with Gasteiger partial charge < -0.3 is 20.9 Å². The summed E-state index contributed by atoms with van der Waals surface area (Å²) in [6.45, 7) is 1.57. The lowest BCUT2D eigenvalue weighted by Gasteiger charge is -2.12. The fourth-order valence-electron chi connectivity index (χ4n) is 1.45. The summed E-state index contributed by atoms with van der Waals surface area (Å²) >= 11 is 0. The first-order chi connectivity index (χ1) is 8.93. The highest BCUT2D eigenvalue weighted by molar-refractivity contribution is 5.78. The summed E-state index contributed by atoms with van der Waals surface area (Å²) in [6.07, 6.45) is -0.318. The van der Waals surface area contributed by atoms with E-state index in [-0.39, 0.29) is 0 Å². The number of hydrogen-bond donors (Lipinski definition) is 2. The first kappa shape index (κ1) is 15.0. The van der Waals surface area contributed by atoms with Gasteiger partial charge in [-0.15, -0.1) is 0 Å². The maximum Gasteiger partial charge on any atom is 0.322 e. The van der Waals surface area contributed by atoms with E-state index in [9.17, 15) is 9.59 Å². The van der Waals surface area contributed by atoms with Crippen molar-refractivity contribution < 1.29 is 19.1 Å². The van der Waals surface area contributed by atoms with E-state index >= 15 is 0 Å². The van der Waals surface area contributed by atoms with Crippen molar-refractivity contribution in [3.63, 3.8) is 0 Å². The number of primary amides is 1. The Bertz CT molecular complexity index is 444. The predicted molar refractivity (Wildman–Crippen MR) is 69.4 cm³/mol. The summed E-state index contributed by atoms with van der Waals surface area (Å²) in [5, 5.41) is 0. The van der Waals surface area contributed by atoms with Crippen LogP contribution in [0.5, 0.6) is 5.75 Å². The largest absolute Gasteiger partial charge is 0.481 e. The van der Waals surface area contributed by atoms with Crippen LogP contribution in [0.15, 0.2) is 24.3 Å². The van der Waals surface area contributed by atoms with Crippen molar-refractivity contribution in [1.82, 2.24) is 0 Å². The standard InChI is InChI=1S/C13H18N2O4/c1-8(12(15)16)19-10-5-3-9(4-6-10)7-11(14)13(17)18-2/h3-6,8,11H,7,14H2,1-2H3,(H2,15,16). The predicted octanol–water partition coefficient (Wildman–Crippen LogP) is -0.0180. The van der Waals surface area contributed by atoms with Gasteiger partial charge in [0.25, 0.3) is 5.91 Å². The number of rotatable bonds is 6. The Morgan fingerprint density at radius 1 is 1.26 bits per heavy atom. The van der Waals surface area contributed by atoms with Crippen molar-refractivity contribution in [3.05, 3.63) is 29.8 Å². The third kappa shape index (κ3) is 4.59. The number of amides is 1. The van der Waals surface area contributed by atoms with Crippen LogP contribution in [-0.2, 0) is 20.7 Å². The average Bonchev–Trinajstić information content (AvgIpc) is 2.39. The number of benzene rings is 1. The number of esters is 1. The Labute approximate surface area is 111 Å². The summed E-state index contributed by atoms with van der Waals surface area (Å²) in [5.74, 6) is -0.457. The minimum atomic E-state index is -0.693. The lowest BCUT2D eigenvalue weighted by molar-refractivity contribution is -0.142. The van der Waals surface area contributed by atoms with Crippen molar-refractivity contribution in [3.8, 4) is 5.75 Å². The van der Waals surface area contributed by atoms with Gasteiger partial charge in [-0.2, -0.15) is 0 Å². The monoisotopic (exact) mass is 266 g/mol. The molecule has 2 unspecified atom stereocenters. The number of nitrogens with two attached hydrogens (primary N) is 2. The van der Waals surface area contributed by atoms with Crippen molar-refractivity contribution >= 4 is 11.9 Å². The second kappa shape index (κ2) is 6.75. The molecule has 0 aromatic heterocycles. The topological polar surface area (TPSA) is 105 Å². The summed E-state index contributed by atoms with van der Waals surface area (Å²) in [7, 11) is 1.30. The Kier molecular flexibility index (Phi) is 5.32. The Morgan fingerprint density at radius 3 is 2.32 bits per heavy atom. The molecule has 0 fully saturated rings. The zero-order chi connectivity index (χ0) is 14.4. The van der Waals surface area contributed by atoms with Crippen LogP contribution in [0.25, 0.3) is 0 Å². The second-order valence-electron chi connectivity index (χ2n) is 4.14. The lowest BCUT2D eigenvalue weighted by atomic mass is 10.1. The quantitative estimate of drug-likeness (QED) is 0.704. The molecular weight excluding hydrogens is 248 g/mol. The van der Waals surface area contributed by atoms with E-state index < -0.39 is 24.0 Å². The van der Waals surface area contributed by atoms with E-state index in [1.54, 1.807) is 31.2 Å². The van der Waals surface area contributed by atoms with Crippen LogP contribution in [0, 0.1) is 0 Å².